The maximum absolute atomic E-state index is 13.5. The fourth-order valence-corrected chi connectivity index (χ4v) is 2.92. The number of alkyl halides is 2. The number of carbonyl (C=O) groups excluding carboxylic acids is 1. The molecule has 2 rings (SSSR count). The van der Waals surface area contributed by atoms with E-state index in [1.165, 1.54) is 23.5 Å². The summed E-state index contributed by atoms with van der Waals surface area (Å²) < 4.78 is 28.5. The van der Waals surface area contributed by atoms with Gasteiger partial charge in [0.05, 0.1) is 12.9 Å². The molecule has 0 radical (unpaired) electrons. The minimum Gasteiger partial charge on any atom is -0.484 e. The second-order valence-corrected chi connectivity index (χ2v) is 6.59. The Morgan fingerprint density at radius 3 is 2.66 bits per heavy atom. The average molecular weight is 446 g/mol. The highest BCUT2D eigenvalue weighted by Gasteiger charge is 2.11. The quantitative estimate of drug-likeness (QED) is 0.198. The molecule has 0 saturated heterocycles. The molecule has 29 heavy (non-hydrogen) atoms. The van der Waals surface area contributed by atoms with Crippen LogP contribution in [0.25, 0.3) is 0 Å². The zero-order valence-electron chi connectivity index (χ0n) is 15.9. The van der Waals surface area contributed by atoms with Crippen molar-refractivity contribution in [2.24, 2.45) is 16.8 Å². The van der Waals surface area contributed by atoms with E-state index >= 15 is 0 Å². The summed E-state index contributed by atoms with van der Waals surface area (Å²) in [6, 6.07) is 9.71. The van der Waals surface area contributed by atoms with Crippen molar-refractivity contribution in [3.8, 4) is 5.75 Å². The molecular formula is C18H23ClF2N5O2P. The Labute approximate surface area is 175 Å². The van der Waals surface area contributed by atoms with Gasteiger partial charge in [0.25, 0.3) is 5.91 Å². The van der Waals surface area contributed by atoms with Gasteiger partial charge in [0.1, 0.15) is 18.0 Å². The Kier molecular flexibility index (Phi) is 10.3. The lowest BCUT2D eigenvalue weighted by Gasteiger charge is -2.16. The van der Waals surface area contributed by atoms with Gasteiger partial charge in [-0.1, -0.05) is 20.8 Å². The fraction of sp³-hybridized carbons (Fsp3) is 0.222. The molecule has 0 saturated carbocycles. The first-order valence-corrected chi connectivity index (χ1v) is 9.23. The molecule has 0 aromatic heterocycles. The van der Waals surface area contributed by atoms with Gasteiger partial charge in [-0.05, 0) is 48.9 Å². The normalized spacial score (nSPS) is 11.4. The third-order valence-electron chi connectivity index (χ3n) is 3.58. The maximum atomic E-state index is 13.5. The Bertz CT molecular complexity index is 855. The fourth-order valence-electron chi connectivity index (χ4n) is 2.32. The molecule has 2 aromatic rings. The van der Waals surface area contributed by atoms with Crippen LogP contribution in [0.4, 0.5) is 20.2 Å². The van der Waals surface area contributed by atoms with Crippen LogP contribution in [0, 0.1) is 6.92 Å². The molecule has 0 spiro atoms. The van der Waals surface area contributed by atoms with Crippen molar-refractivity contribution in [3.05, 3.63) is 52.5 Å². The number of amides is 1. The van der Waals surface area contributed by atoms with Crippen LogP contribution in [0.15, 0.2) is 41.5 Å². The number of ether oxygens (including phenoxy) is 1. The summed E-state index contributed by atoms with van der Waals surface area (Å²) in [4.78, 5) is 12.1. The average Bonchev–Trinajstić information content (AvgIpc) is 2.69. The lowest BCUT2D eigenvalue weighted by atomic mass is 10.2. The van der Waals surface area contributed by atoms with Crippen molar-refractivity contribution in [1.82, 2.24) is 0 Å². The van der Waals surface area contributed by atoms with Crippen LogP contribution in [-0.2, 0) is 4.79 Å². The number of nitrogens with two attached hydrogens (primary N) is 2. The highest BCUT2D eigenvalue weighted by atomic mass is 35.5. The van der Waals surface area contributed by atoms with Gasteiger partial charge in [-0.2, -0.15) is 5.10 Å². The first-order valence-electron chi connectivity index (χ1n) is 8.19. The number of nitrogens with zero attached hydrogens (tertiary/aromatic N) is 2. The number of halogens is 3. The number of hydrazine groups is 1. The molecule has 2 aromatic carbocycles. The Morgan fingerprint density at radius 2 is 2.07 bits per heavy atom. The molecule has 7 nitrogen and oxygen atoms in total. The third kappa shape index (κ3) is 7.45. The van der Waals surface area contributed by atoms with E-state index in [9.17, 15) is 13.6 Å². The third-order valence-corrected chi connectivity index (χ3v) is 4.29. The van der Waals surface area contributed by atoms with E-state index in [0.29, 0.717) is 24.3 Å². The van der Waals surface area contributed by atoms with Gasteiger partial charge in [-0.3, -0.25) is 14.2 Å². The molecule has 5 N–H and O–H groups in total. The van der Waals surface area contributed by atoms with E-state index in [1.54, 1.807) is 24.3 Å². The van der Waals surface area contributed by atoms with Gasteiger partial charge >= 0.3 is 0 Å². The summed E-state index contributed by atoms with van der Waals surface area (Å²) in [6.45, 7) is 1.62. The topological polar surface area (TPSA) is 106 Å². The zero-order valence-corrected chi connectivity index (χ0v) is 17.8. The van der Waals surface area contributed by atoms with Crippen molar-refractivity contribution in [1.29, 1.82) is 0 Å². The summed E-state index contributed by atoms with van der Waals surface area (Å²) in [5, 5.41) is 7.55. The zero-order chi connectivity index (χ0) is 22.0. The van der Waals surface area contributed by atoms with Gasteiger partial charge in [0.15, 0.2) is 6.61 Å². The van der Waals surface area contributed by atoms with Crippen molar-refractivity contribution in [2.75, 3.05) is 24.1 Å². The number of nitrogens with one attached hydrogen (secondary N) is 1. The summed E-state index contributed by atoms with van der Waals surface area (Å²) in [6.07, 6.45) is 1.27. The van der Waals surface area contributed by atoms with Crippen molar-refractivity contribution in [3.63, 3.8) is 0 Å². The minimum absolute atomic E-state index is 0.215. The Hall–Kier alpha value is -2.48. The Balaban J connectivity index is 0.00000204. The molecule has 0 aliphatic carbocycles. The molecule has 0 fully saturated rings. The lowest BCUT2D eigenvalue weighted by molar-refractivity contribution is -0.118. The van der Waals surface area contributed by atoms with Crippen molar-refractivity contribution in [2.45, 2.75) is 12.8 Å². The second kappa shape index (κ2) is 12.2. The molecule has 0 aliphatic heterocycles. The first-order chi connectivity index (χ1) is 13.8. The predicted molar refractivity (Wildman–Crippen MR) is 117 cm³/mol. The summed E-state index contributed by atoms with van der Waals surface area (Å²) >= 11 is 5.92. The van der Waals surface area contributed by atoms with E-state index in [1.807, 2.05) is 16.2 Å². The van der Waals surface area contributed by atoms with Gasteiger partial charge in [-0.15, -0.1) is 0 Å². The second-order valence-electron chi connectivity index (χ2n) is 5.60. The molecule has 0 aliphatic rings. The molecular weight excluding hydrogens is 423 g/mol. The molecule has 0 heterocycles. The number of benzene rings is 2. The van der Waals surface area contributed by atoms with E-state index in [4.69, 9.17) is 28.0 Å². The molecule has 158 valence electrons. The van der Waals surface area contributed by atoms with Crippen LogP contribution < -0.4 is 26.7 Å². The molecule has 1 amide bonds. The first kappa shape index (κ1) is 24.6. The molecule has 0 bridgehead atoms. The highest BCUT2D eigenvalue weighted by molar-refractivity contribution is 7.16. The van der Waals surface area contributed by atoms with Crippen LogP contribution >= 0.6 is 20.8 Å². The molecule has 2 atom stereocenters. The number of aryl methyl sites for hydroxylation is 1. The molecule has 11 heteroatoms. The number of hydrazone groups is 1. The molecule has 2 unspecified atom stereocenters. The SMILES string of the molecule is CF.Cc1cc(OCC(=O)Nc2ccc(Cl)c(C(F)P)c2)ccc1N(N)/C=N\N. The Morgan fingerprint density at radius 1 is 1.38 bits per heavy atom. The van der Waals surface area contributed by atoms with E-state index in [2.05, 4.69) is 10.4 Å². The standard InChI is InChI=1S/C17H20ClFN5O2P.CH3F/c1-10-6-12(3-5-15(10)24(21)9-22-20)26-8-16(25)23-11-2-4-14(18)13(7-11)17(19)27;1-2/h2-7,9,17H,8,20-21,27H2,1H3,(H,23,25);1H3/b22-9-;. The van der Waals surface area contributed by atoms with Gasteiger partial charge in [-0.25, -0.2) is 10.2 Å². The summed E-state index contributed by atoms with van der Waals surface area (Å²) in [7, 11) is 2.52. The van der Waals surface area contributed by atoms with E-state index in [0.717, 1.165) is 5.56 Å². The smallest absolute Gasteiger partial charge is 0.262 e. The van der Waals surface area contributed by atoms with Crippen LogP contribution in [0.2, 0.25) is 5.02 Å². The number of hydrogen-bond acceptors (Lipinski definition) is 5. The van der Waals surface area contributed by atoms with Crippen molar-refractivity contribution >= 4 is 44.5 Å². The van der Waals surface area contributed by atoms with Crippen molar-refractivity contribution < 1.29 is 18.3 Å². The van der Waals surface area contributed by atoms with Crippen LogP contribution in [0.3, 0.4) is 0 Å². The van der Waals surface area contributed by atoms with Gasteiger partial charge in [0.2, 0.25) is 0 Å². The van der Waals surface area contributed by atoms with Crippen LogP contribution in [-0.4, -0.2) is 26.0 Å². The predicted octanol–water partition coefficient (Wildman–Crippen LogP) is 3.68. The number of anilines is 2. The lowest BCUT2D eigenvalue weighted by Crippen LogP contribution is -2.30. The monoisotopic (exact) mass is 445 g/mol. The van der Waals surface area contributed by atoms with Gasteiger partial charge < -0.3 is 15.9 Å². The summed E-state index contributed by atoms with van der Waals surface area (Å²) in [5.74, 6) is 9.63. The largest absolute Gasteiger partial charge is 0.484 e. The number of rotatable bonds is 7. The number of hydrogen-bond donors (Lipinski definition) is 3. The summed E-state index contributed by atoms with van der Waals surface area (Å²) in [5.41, 5.74) is 2.21. The minimum atomic E-state index is -1.32. The van der Waals surface area contributed by atoms with Crippen LogP contribution in [0.1, 0.15) is 17.0 Å². The highest BCUT2D eigenvalue weighted by Crippen LogP contribution is 2.32. The van der Waals surface area contributed by atoms with E-state index < -0.39 is 5.91 Å². The van der Waals surface area contributed by atoms with E-state index in [-0.39, 0.29) is 23.1 Å². The van der Waals surface area contributed by atoms with Gasteiger partial charge in [0, 0.05) is 16.3 Å². The number of carbonyl (C=O) groups is 1. The maximum Gasteiger partial charge on any atom is 0.262 e. The van der Waals surface area contributed by atoms with Crippen LogP contribution in [0.5, 0.6) is 5.75 Å².